The molecule has 1 amide bonds. The minimum absolute atomic E-state index is 0.129. The molecule has 1 N–H and O–H groups in total. The zero-order valence-corrected chi connectivity index (χ0v) is 22.2. The van der Waals surface area contributed by atoms with E-state index in [1.807, 2.05) is 25.1 Å². The van der Waals surface area contributed by atoms with Crippen molar-refractivity contribution >= 4 is 27.3 Å². The van der Waals surface area contributed by atoms with Gasteiger partial charge in [0.2, 0.25) is 10.0 Å². The number of benzene rings is 3. The molecule has 0 spiro atoms. The molecule has 7 nitrogen and oxygen atoms in total. The number of sulfonamides is 1. The lowest BCUT2D eigenvalue weighted by molar-refractivity contribution is 0.0951. The van der Waals surface area contributed by atoms with E-state index in [0.717, 1.165) is 29.9 Å². The summed E-state index contributed by atoms with van der Waals surface area (Å²) >= 11 is 0. The summed E-state index contributed by atoms with van der Waals surface area (Å²) in [5, 5.41) is 2.95. The second-order valence-corrected chi connectivity index (χ2v) is 10.3. The summed E-state index contributed by atoms with van der Waals surface area (Å²) in [5.74, 6) is 0.322. The molecule has 0 heterocycles. The first-order valence-electron chi connectivity index (χ1n) is 12.2. The van der Waals surface area contributed by atoms with Crippen LogP contribution in [0.15, 0.2) is 72.8 Å². The maximum atomic E-state index is 12.7. The Balaban J connectivity index is 1.67. The molecular formula is C28H35N3O4S. The lowest BCUT2D eigenvalue weighted by Crippen LogP contribution is -2.29. The van der Waals surface area contributed by atoms with E-state index in [1.54, 1.807) is 42.5 Å². The van der Waals surface area contributed by atoms with Crippen LogP contribution in [0.25, 0.3) is 0 Å². The molecule has 0 aliphatic carbocycles. The number of rotatable bonds is 12. The quantitative estimate of drug-likeness (QED) is 0.378. The van der Waals surface area contributed by atoms with E-state index in [9.17, 15) is 13.2 Å². The van der Waals surface area contributed by atoms with Gasteiger partial charge in [0.15, 0.2) is 0 Å². The van der Waals surface area contributed by atoms with Gasteiger partial charge in [0.1, 0.15) is 5.75 Å². The first-order chi connectivity index (χ1) is 17.3. The number of hydrogen-bond acceptors (Lipinski definition) is 5. The Bertz CT molecular complexity index is 1240. The van der Waals surface area contributed by atoms with Gasteiger partial charge in [-0.1, -0.05) is 36.4 Å². The van der Waals surface area contributed by atoms with Gasteiger partial charge < -0.3 is 15.0 Å². The smallest absolute Gasteiger partial charge is 0.251 e. The largest absolute Gasteiger partial charge is 0.492 e. The topological polar surface area (TPSA) is 79.0 Å². The number of nitrogens with zero attached hydrogens (tertiary/aromatic N) is 2. The van der Waals surface area contributed by atoms with Gasteiger partial charge in [-0.15, -0.1) is 0 Å². The van der Waals surface area contributed by atoms with Gasteiger partial charge in [-0.25, -0.2) is 8.42 Å². The molecule has 0 aliphatic heterocycles. The van der Waals surface area contributed by atoms with Crippen LogP contribution in [0.5, 0.6) is 5.75 Å². The van der Waals surface area contributed by atoms with Gasteiger partial charge in [0, 0.05) is 30.9 Å². The van der Waals surface area contributed by atoms with Crippen LogP contribution in [-0.2, 0) is 23.1 Å². The number of ether oxygens (including phenoxy) is 1. The Morgan fingerprint density at radius 2 is 1.47 bits per heavy atom. The van der Waals surface area contributed by atoms with Gasteiger partial charge in [-0.05, 0) is 68.3 Å². The van der Waals surface area contributed by atoms with Crippen LogP contribution < -0.4 is 19.3 Å². The van der Waals surface area contributed by atoms with Crippen LogP contribution in [0, 0.1) is 0 Å². The third-order valence-corrected chi connectivity index (χ3v) is 7.02. The highest BCUT2D eigenvalue weighted by Gasteiger charge is 2.21. The molecule has 0 bridgehead atoms. The number of hydrogen-bond donors (Lipinski definition) is 1. The van der Waals surface area contributed by atoms with Crippen LogP contribution in [0.1, 0.15) is 42.3 Å². The highest BCUT2D eigenvalue weighted by atomic mass is 32.2. The molecule has 8 heteroatoms. The van der Waals surface area contributed by atoms with Crippen LogP contribution in [-0.4, -0.2) is 40.3 Å². The Morgan fingerprint density at radius 1 is 0.861 bits per heavy atom. The molecule has 0 aliphatic rings. The molecule has 3 rings (SSSR count). The average Bonchev–Trinajstić information content (AvgIpc) is 2.88. The fourth-order valence-electron chi connectivity index (χ4n) is 3.95. The summed E-state index contributed by atoms with van der Waals surface area (Å²) < 4.78 is 32.1. The zero-order valence-electron chi connectivity index (χ0n) is 21.4. The summed E-state index contributed by atoms with van der Waals surface area (Å²) in [5.41, 5.74) is 3.94. The Hall–Kier alpha value is -3.52. The molecule has 3 aromatic rings. The van der Waals surface area contributed by atoms with E-state index in [0.29, 0.717) is 30.2 Å². The lowest BCUT2D eigenvalue weighted by Gasteiger charge is -2.24. The third-order valence-electron chi connectivity index (χ3n) is 5.89. The number of carbonyl (C=O) groups is 1. The molecule has 0 unspecified atom stereocenters. The number of para-hydroxylation sites is 2. The summed E-state index contributed by atoms with van der Waals surface area (Å²) in [6.45, 7) is 8.99. The van der Waals surface area contributed by atoms with Gasteiger partial charge >= 0.3 is 0 Å². The molecule has 0 atom stereocenters. The first kappa shape index (κ1) is 27.1. The molecule has 0 radical (unpaired) electrons. The highest BCUT2D eigenvalue weighted by Crippen LogP contribution is 2.31. The van der Waals surface area contributed by atoms with E-state index in [1.165, 1.54) is 10.6 Å². The van der Waals surface area contributed by atoms with Crippen LogP contribution >= 0.6 is 0 Å². The van der Waals surface area contributed by atoms with Crippen LogP contribution in [0.2, 0.25) is 0 Å². The summed E-state index contributed by atoms with van der Waals surface area (Å²) in [6, 6.07) is 22.2. The average molecular weight is 510 g/mol. The van der Waals surface area contributed by atoms with Crippen LogP contribution in [0.3, 0.4) is 0 Å². The predicted molar refractivity (Wildman–Crippen MR) is 146 cm³/mol. The van der Waals surface area contributed by atoms with Crippen molar-refractivity contribution in [2.75, 3.05) is 35.2 Å². The fourth-order valence-corrected chi connectivity index (χ4v) is 4.84. The maximum Gasteiger partial charge on any atom is 0.251 e. The van der Waals surface area contributed by atoms with Gasteiger partial charge in [-0.2, -0.15) is 0 Å². The van der Waals surface area contributed by atoms with Crippen molar-refractivity contribution in [2.45, 2.75) is 33.9 Å². The minimum Gasteiger partial charge on any atom is -0.492 e. The highest BCUT2D eigenvalue weighted by molar-refractivity contribution is 7.92. The van der Waals surface area contributed by atoms with E-state index < -0.39 is 10.0 Å². The number of amides is 1. The standard InChI is InChI=1S/C28H35N3O4S/c1-5-30(6-2)25-18-14-22(15-19-25)20-29-28(32)24-16-12-23(13-17-24)21-31(36(4,33)34)26-10-8-9-11-27(26)35-7-3/h8-19H,5-7,20-21H2,1-4H3,(H,29,32). The monoisotopic (exact) mass is 509 g/mol. The molecular weight excluding hydrogens is 474 g/mol. The summed E-state index contributed by atoms with van der Waals surface area (Å²) in [6.07, 6.45) is 1.17. The van der Waals surface area contributed by atoms with E-state index in [4.69, 9.17) is 4.74 Å². The van der Waals surface area contributed by atoms with Crippen molar-refractivity contribution < 1.29 is 17.9 Å². The first-order valence-corrected chi connectivity index (χ1v) is 14.0. The van der Waals surface area contributed by atoms with E-state index >= 15 is 0 Å². The molecule has 0 fully saturated rings. The Morgan fingerprint density at radius 3 is 2.06 bits per heavy atom. The Kier molecular flexibility index (Phi) is 9.36. The van der Waals surface area contributed by atoms with Crippen molar-refractivity contribution in [1.29, 1.82) is 0 Å². The molecule has 0 saturated heterocycles. The zero-order chi connectivity index (χ0) is 26.1. The Labute approximate surface area is 214 Å². The lowest BCUT2D eigenvalue weighted by atomic mass is 10.1. The van der Waals surface area contributed by atoms with E-state index in [-0.39, 0.29) is 12.5 Å². The second kappa shape index (κ2) is 12.4. The van der Waals surface area contributed by atoms with E-state index in [2.05, 4.69) is 36.2 Å². The summed E-state index contributed by atoms with van der Waals surface area (Å²) in [7, 11) is -3.56. The van der Waals surface area contributed by atoms with Crippen molar-refractivity contribution in [1.82, 2.24) is 5.32 Å². The maximum absolute atomic E-state index is 12.7. The molecule has 0 saturated carbocycles. The number of anilines is 2. The normalized spacial score (nSPS) is 11.1. The summed E-state index contributed by atoms with van der Waals surface area (Å²) in [4.78, 5) is 14.9. The van der Waals surface area contributed by atoms with Crippen molar-refractivity contribution in [3.05, 3.63) is 89.5 Å². The van der Waals surface area contributed by atoms with Gasteiger partial charge in [-0.3, -0.25) is 9.10 Å². The SMILES string of the molecule is CCOc1ccccc1N(Cc1ccc(C(=O)NCc2ccc(N(CC)CC)cc2)cc1)S(C)(=O)=O. The van der Waals surface area contributed by atoms with Crippen LogP contribution in [0.4, 0.5) is 11.4 Å². The van der Waals surface area contributed by atoms with Gasteiger partial charge in [0.05, 0.1) is 25.1 Å². The third kappa shape index (κ3) is 7.01. The number of nitrogens with one attached hydrogen (secondary N) is 1. The van der Waals surface area contributed by atoms with Crippen molar-refractivity contribution in [3.63, 3.8) is 0 Å². The van der Waals surface area contributed by atoms with Crippen molar-refractivity contribution in [2.24, 2.45) is 0 Å². The van der Waals surface area contributed by atoms with Gasteiger partial charge in [0.25, 0.3) is 5.91 Å². The second-order valence-electron chi connectivity index (χ2n) is 8.39. The molecule has 0 aromatic heterocycles. The fraction of sp³-hybridized carbons (Fsp3) is 0.321. The minimum atomic E-state index is -3.56. The van der Waals surface area contributed by atoms with Crippen molar-refractivity contribution in [3.8, 4) is 5.75 Å². The molecule has 192 valence electrons. The molecule has 3 aromatic carbocycles. The molecule has 36 heavy (non-hydrogen) atoms. The predicted octanol–water partition coefficient (Wildman–Crippen LogP) is 4.83. The number of carbonyl (C=O) groups excluding carboxylic acids is 1.